The molecule has 0 aliphatic rings. The van der Waals surface area contributed by atoms with E-state index in [2.05, 4.69) is 5.32 Å². The Hall–Kier alpha value is -2.68. The third kappa shape index (κ3) is 8.18. The first-order valence-corrected chi connectivity index (χ1v) is 12.2. The van der Waals surface area contributed by atoms with E-state index in [0.29, 0.717) is 27.1 Å². The molecule has 0 aliphatic heterocycles. The summed E-state index contributed by atoms with van der Waals surface area (Å²) in [5.74, 6) is -1.30. The summed E-state index contributed by atoms with van der Waals surface area (Å²) in [5.41, 5.74) is -2.80. The van der Waals surface area contributed by atoms with Crippen molar-refractivity contribution in [1.29, 1.82) is 0 Å². The molecule has 2 aromatic carbocycles. The fourth-order valence-electron chi connectivity index (χ4n) is 3.10. The van der Waals surface area contributed by atoms with Gasteiger partial charge in [0.2, 0.25) is 5.54 Å². The quantitative estimate of drug-likeness (QED) is 0.216. The minimum absolute atomic E-state index is 0.0430. The second-order valence-corrected chi connectivity index (χ2v) is 9.89. The number of nitrogens with one attached hydrogen (secondary N) is 1. The second-order valence-electron chi connectivity index (χ2n) is 8.61. The first-order chi connectivity index (χ1) is 16.8. The van der Waals surface area contributed by atoms with Crippen LogP contribution in [0.25, 0.3) is 0 Å². The van der Waals surface area contributed by atoms with Gasteiger partial charge in [-0.2, -0.15) is 0 Å². The van der Waals surface area contributed by atoms with Crippen LogP contribution in [0.1, 0.15) is 40.2 Å². The van der Waals surface area contributed by atoms with Gasteiger partial charge in [0.05, 0.1) is 13.2 Å². The Morgan fingerprint density at radius 1 is 0.833 bits per heavy atom. The number of amides is 1. The highest BCUT2D eigenvalue weighted by Gasteiger charge is 2.51. The van der Waals surface area contributed by atoms with Crippen LogP contribution in [0.5, 0.6) is 11.5 Å². The molecule has 0 bridgehead atoms. The summed E-state index contributed by atoms with van der Waals surface area (Å²) >= 11 is 18.5. The molecule has 0 aliphatic carbocycles. The van der Waals surface area contributed by atoms with Crippen molar-refractivity contribution in [1.82, 2.24) is 5.32 Å². The fraction of sp³-hybridized carbons (Fsp3) is 0.400. The molecule has 11 heteroatoms. The molecule has 0 spiro atoms. The van der Waals surface area contributed by atoms with Gasteiger partial charge in [-0.1, -0.05) is 40.9 Å². The highest BCUT2D eigenvalue weighted by atomic mass is 35.5. The van der Waals surface area contributed by atoms with Crippen LogP contribution in [0.2, 0.25) is 15.1 Å². The third-order valence-electron chi connectivity index (χ3n) is 4.51. The summed E-state index contributed by atoms with van der Waals surface area (Å²) in [7, 11) is 0. The first kappa shape index (κ1) is 29.5. The smallest absolute Gasteiger partial charge is 0.409 e. The molecular weight excluding hydrogens is 533 g/mol. The molecule has 2 aromatic rings. The van der Waals surface area contributed by atoms with Gasteiger partial charge in [0, 0.05) is 21.5 Å². The van der Waals surface area contributed by atoms with E-state index in [0.717, 1.165) is 0 Å². The van der Waals surface area contributed by atoms with Crippen molar-refractivity contribution in [2.45, 2.75) is 52.2 Å². The summed E-state index contributed by atoms with van der Waals surface area (Å²) in [6, 6.07) is 9.33. The molecule has 1 amide bonds. The normalized spacial score (nSPS) is 11.4. The average molecular weight is 561 g/mol. The zero-order valence-electron chi connectivity index (χ0n) is 20.6. The Labute approximate surface area is 225 Å². The van der Waals surface area contributed by atoms with Crippen molar-refractivity contribution < 1.29 is 33.3 Å². The maximum absolute atomic E-state index is 13.1. The lowest BCUT2D eigenvalue weighted by Crippen LogP contribution is -2.63. The van der Waals surface area contributed by atoms with Crippen LogP contribution in [0.4, 0.5) is 4.79 Å². The Morgan fingerprint density at radius 2 is 1.39 bits per heavy atom. The van der Waals surface area contributed by atoms with E-state index >= 15 is 0 Å². The fourth-order valence-corrected chi connectivity index (χ4v) is 3.85. The molecule has 0 heterocycles. The topological polar surface area (TPSA) is 100 Å². The van der Waals surface area contributed by atoms with Crippen molar-refractivity contribution in [3.63, 3.8) is 0 Å². The number of halogens is 3. The van der Waals surface area contributed by atoms with Gasteiger partial charge < -0.3 is 18.9 Å². The summed E-state index contributed by atoms with van der Waals surface area (Å²) in [4.78, 5) is 38.8. The molecule has 0 aromatic heterocycles. The zero-order chi connectivity index (χ0) is 27.1. The number of hydrogen-bond donors (Lipinski definition) is 1. The van der Waals surface area contributed by atoms with Gasteiger partial charge in [-0.25, -0.2) is 14.4 Å². The monoisotopic (exact) mass is 559 g/mol. The number of rotatable bonds is 9. The van der Waals surface area contributed by atoms with Crippen molar-refractivity contribution in [2.75, 3.05) is 13.2 Å². The molecule has 0 fully saturated rings. The third-order valence-corrected chi connectivity index (χ3v) is 5.30. The van der Waals surface area contributed by atoms with Crippen LogP contribution in [-0.2, 0) is 30.2 Å². The molecule has 0 atom stereocenters. The molecule has 0 radical (unpaired) electrons. The molecule has 36 heavy (non-hydrogen) atoms. The van der Waals surface area contributed by atoms with Gasteiger partial charge in [-0.15, -0.1) is 0 Å². The van der Waals surface area contributed by atoms with E-state index in [1.807, 2.05) is 0 Å². The molecule has 0 saturated heterocycles. The van der Waals surface area contributed by atoms with Gasteiger partial charge >= 0.3 is 18.0 Å². The van der Waals surface area contributed by atoms with Crippen molar-refractivity contribution in [3.05, 3.63) is 57.0 Å². The number of ether oxygens (including phenoxy) is 4. The highest BCUT2D eigenvalue weighted by Crippen LogP contribution is 2.32. The van der Waals surface area contributed by atoms with Gasteiger partial charge in [-0.3, -0.25) is 5.32 Å². The number of esters is 2. The Morgan fingerprint density at radius 3 is 1.86 bits per heavy atom. The van der Waals surface area contributed by atoms with E-state index in [1.54, 1.807) is 65.0 Å². The van der Waals surface area contributed by atoms with Crippen LogP contribution in [0, 0.1) is 0 Å². The van der Waals surface area contributed by atoms with Crippen LogP contribution in [-0.4, -0.2) is 42.4 Å². The number of carbonyl (C=O) groups is 3. The standard InChI is InChI=1S/C25H28Cl3NO7/c1-6-33-21(30)25(22(31)34-7-2,29-23(32)36-24(3,4)5)14-15-8-9-18(13-20(15)28)35-19-11-16(26)10-17(27)12-19/h8-13H,6-7,14H2,1-5H3,(H,29,32). The Kier molecular flexibility index (Phi) is 10.3. The molecular formula is C25H28Cl3NO7. The maximum Gasteiger partial charge on any atom is 0.409 e. The first-order valence-electron chi connectivity index (χ1n) is 11.1. The van der Waals surface area contributed by atoms with Gasteiger partial charge in [-0.05, 0) is 70.5 Å². The van der Waals surface area contributed by atoms with Gasteiger partial charge in [0.25, 0.3) is 0 Å². The predicted molar refractivity (Wildman–Crippen MR) is 137 cm³/mol. The average Bonchev–Trinajstić information content (AvgIpc) is 2.73. The Balaban J connectivity index is 2.45. The van der Waals surface area contributed by atoms with E-state index in [9.17, 15) is 14.4 Å². The Bertz CT molecular complexity index is 1080. The van der Waals surface area contributed by atoms with E-state index < -0.39 is 29.2 Å². The lowest BCUT2D eigenvalue weighted by molar-refractivity contribution is -0.166. The van der Waals surface area contributed by atoms with Crippen molar-refractivity contribution >= 4 is 52.8 Å². The van der Waals surface area contributed by atoms with Crippen LogP contribution in [0.3, 0.4) is 0 Å². The summed E-state index contributed by atoms with van der Waals surface area (Å²) in [6.45, 7) is 7.99. The van der Waals surface area contributed by atoms with E-state index in [4.69, 9.17) is 53.8 Å². The molecule has 196 valence electrons. The molecule has 0 saturated carbocycles. The highest BCUT2D eigenvalue weighted by molar-refractivity contribution is 6.34. The van der Waals surface area contributed by atoms with Gasteiger partial charge in [0.1, 0.15) is 17.1 Å². The molecule has 2 rings (SSSR count). The summed E-state index contributed by atoms with van der Waals surface area (Å²) in [5, 5.41) is 3.31. The number of carbonyl (C=O) groups excluding carboxylic acids is 3. The minimum Gasteiger partial charge on any atom is -0.464 e. The molecule has 1 N–H and O–H groups in total. The van der Waals surface area contributed by atoms with Crippen molar-refractivity contribution in [2.24, 2.45) is 0 Å². The largest absolute Gasteiger partial charge is 0.464 e. The molecule has 0 unspecified atom stereocenters. The van der Waals surface area contributed by atoms with Crippen LogP contribution in [0.15, 0.2) is 36.4 Å². The zero-order valence-corrected chi connectivity index (χ0v) is 22.8. The van der Waals surface area contributed by atoms with Crippen LogP contribution < -0.4 is 10.1 Å². The summed E-state index contributed by atoms with van der Waals surface area (Å²) in [6.07, 6.45) is -1.37. The number of alkyl carbamates (subject to hydrolysis) is 1. The lowest BCUT2D eigenvalue weighted by Gasteiger charge is -2.31. The van der Waals surface area contributed by atoms with E-state index in [-0.39, 0.29) is 24.7 Å². The minimum atomic E-state index is -2.25. The molecule has 8 nitrogen and oxygen atoms in total. The number of benzene rings is 2. The van der Waals surface area contributed by atoms with Crippen molar-refractivity contribution in [3.8, 4) is 11.5 Å². The van der Waals surface area contributed by atoms with Gasteiger partial charge in [0.15, 0.2) is 0 Å². The second kappa shape index (κ2) is 12.5. The summed E-state index contributed by atoms with van der Waals surface area (Å²) < 4.78 is 21.3. The number of hydrogen-bond acceptors (Lipinski definition) is 7. The SMILES string of the molecule is CCOC(=O)C(Cc1ccc(Oc2cc(Cl)cc(Cl)c2)cc1Cl)(NC(=O)OC(C)(C)C)C(=O)OCC. The lowest BCUT2D eigenvalue weighted by atomic mass is 9.90. The maximum atomic E-state index is 13.1. The van der Waals surface area contributed by atoms with E-state index in [1.165, 1.54) is 6.07 Å². The predicted octanol–water partition coefficient (Wildman–Crippen LogP) is 6.37. The van der Waals surface area contributed by atoms with Crippen LogP contribution >= 0.6 is 34.8 Å².